The first-order chi connectivity index (χ1) is 8.11. The first kappa shape index (κ1) is 14.5. The molecule has 1 aliphatic heterocycles. The summed E-state index contributed by atoms with van der Waals surface area (Å²) in [6.07, 6.45) is 4.06. The number of aliphatic carboxylic acids is 1. The van der Waals surface area contributed by atoms with E-state index in [0.29, 0.717) is 12.5 Å². The smallest absolute Gasteiger partial charge is 0.320 e. The summed E-state index contributed by atoms with van der Waals surface area (Å²) in [5.41, 5.74) is 0. The first-order valence-electron chi connectivity index (χ1n) is 6.66. The zero-order valence-corrected chi connectivity index (χ0v) is 11.0. The van der Waals surface area contributed by atoms with Crippen LogP contribution in [0.4, 0.5) is 0 Å². The Morgan fingerprint density at radius 3 is 2.82 bits per heavy atom. The number of likely N-dealkylation sites (tertiary alicyclic amines) is 1. The van der Waals surface area contributed by atoms with Crippen molar-refractivity contribution in [3.8, 4) is 0 Å². The van der Waals surface area contributed by atoms with Crippen LogP contribution in [0.2, 0.25) is 0 Å². The van der Waals surface area contributed by atoms with Crippen LogP contribution in [0, 0.1) is 5.92 Å². The average molecular weight is 243 g/mol. The molecule has 0 saturated carbocycles. The van der Waals surface area contributed by atoms with Crippen molar-refractivity contribution in [2.45, 2.75) is 45.6 Å². The van der Waals surface area contributed by atoms with Gasteiger partial charge in [0.15, 0.2) is 0 Å². The molecule has 0 aromatic rings. The van der Waals surface area contributed by atoms with E-state index in [-0.39, 0.29) is 6.04 Å². The third kappa shape index (κ3) is 5.50. The fraction of sp³-hybridized carbons (Fsp3) is 0.923. The fourth-order valence-electron chi connectivity index (χ4n) is 2.22. The highest BCUT2D eigenvalue weighted by Gasteiger charge is 2.26. The minimum atomic E-state index is -0.684. The zero-order chi connectivity index (χ0) is 12.7. The van der Waals surface area contributed by atoms with Crippen molar-refractivity contribution in [3.63, 3.8) is 0 Å². The van der Waals surface area contributed by atoms with Crippen LogP contribution < -0.4 is 0 Å². The van der Waals surface area contributed by atoms with E-state index in [4.69, 9.17) is 4.74 Å². The Morgan fingerprint density at radius 2 is 2.18 bits per heavy atom. The second-order valence-electron chi connectivity index (χ2n) is 5.21. The van der Waals surface area contributed by atoms with Gasteiger partial charge in [0, 0.05) is 13.2 Å². The van der Waals surface area contributed by atoms with E-state index in [9.17, 15) is 9.90 Å². The van der Waals surface area contributed by atoms with E-state index in [1.807, 2.05) is 0 Å². The van der Waals surface area contributed by atoms with Crippen molar-refractivity contribution in [1.29, 1.82) is 0 Å². The van der Waals surface area contributed by atoms with Crippen LogP contribution >= 0.6 is 0 Å². The molecule has 1 heterocycles. The van der Waals surface area contributed by atoms with Crippen molar-refractivity contribution in [3.05, 3.63) is 0 Å². The van der Waals surface area contributed by atoms with Crippen LogP contribution in [0.3, 0.4) is 0 Å². The first-order valence-corrected chi connectivity index (χ1v) is 6.66. The third-order valence-corrected chi connectivity index (χ3v) is 3.12. The van der Waals surface area contributed by atoms with E-state index in [1.54, 1.807) is 0 Å². The van der Waals surface area contributed by atoms with Crippen molar-refractivity contribution in [2.75, 3.05) is 26.3 Å². The summed E-state index contributed by atoms with van der Waals surface area (Å²) in [6, 6.07) is -0.305. The quantitative estimate of drug-likeness (QED) is 0.725. The lowest BCUT2D eigenvalue weighted by atomic mass is 10.1. The third-order valence-electron chi connectivity index (χ3n) is 3.12. The van der Waals surface area contributed by atoms with Crippen LogP contribution in [0.5, 0.6) is 0 Å². The number of carbonyl (C=O) groups is 1. The van der Waals surface area contributed by atoms with Crippen LogP contribution in [0.1, 0.15) is 39.5 Å². The molecule has 1 atom stereocenters. The van der Waals surface area contributed by atoms with E-state index >= 15 is 0 Å². The number of carboxylic acid groups (broad SMARTS) is 1. The maximum absolute atomic E-state index is 11.2. The summed E-state index contributed by atoms with van der Waals surface area (Å²) in [5.74, 6) is -0.148. The molecule has 0 bridgehead atoms. The summed E-state index contributed by atoms with van der Waals surface area (Å²) in [6.45, 7) is 7.26. The molecular formula is C13H25NO3. The zero-order valence-electron chi connectivity index (χ0n) is 11.0. The average Bonchev–Trinajstić information content (AvgIpc) is 2.49. The molecular weight excluding hydrogens is 218 g/mol. The molecule has 1 fully saturated rings. The Kier molecular flexibility index (Phi) is 6.52. The molecule has 0 aromatic heterocycles. The monoisotopic (exact) mass is 243 g/mol. The van der Waals surface area contributed by atoms with Gasteiger partial charge in [0.25, 0.3) is 0 Å². The van der Waals surface area contributed by atoms with Crippen molar-refractivity contribution in [1.82, 2.24) is 4.90 Å². The Labute approximate surface area is 104 Å². The molecule has 1 rings (SSSR count). The summed E-state index contributed by atoms with van der Waals surface area (Å²) < 4.78 is 5.53. The molecule has 4 nitrogen and oxygen atoms in total. The van der Waals surface area contributed by atoms with Gasteiger partial charge in [-0.1, -0.05) is 26.7 Å². The number of carboxylic acids is 1. The van der Waals surface area contributed by atoms with Crippen molar-refractivity contribution < 1.29 is 14.6 Å². The lowest BCUT2D eigenvalue weighted by Crippen LogP contribution is -2.42. The van der Waals surface area contributed by atoms with E-state index < -0.39 is 5.97 Å². The van der Waals surface area contributed by atoms with E-state index in [2.05, 4.69) is 18.7 Å². The highest BCUT2D eigenvalue weighted by atomic mass is 16.5. The van der Waals surface area contributed by atoms with Crippen LogP contribution in [0.25, 0.3) is 0 Å². The van der Waals surface area contributed by atoms with Gasteiger partial charge in [-0.25, -0.2) is 0 Å². The number of rotatable bonds is 6. The van der Waals surface area contributed by atoms with Gasteiger partial charge < -0.3 is 9.84 Å². The van der Waals surface area contributed by atoms with Gasteiger partial charge in [0.1, 0.15) is 6.04 Å². The van der Waals surface area contributed by atoms with Gasteiger partial charge in [-0.3, -0.25) is 9.69 Å². The second kappa shape index (κ2) is 7.67. The lowest BCUT2D eigenvalue weighted by Gasteiger charge is -2.26. The molecule has 0 aromatic carbocycles. The van der Waals surface area contributed by atoms with Crippen LogP contribution in [-0.4, -0.2) is 48.3 Å². The molecule has 0 radical (unpaired) electrons. The molecule has 17 heavy (non-hydrogen) atoms. The number of hydrogen-bond donors (Lipinski definition) is 1. The number of hydrogen-bond acceptors (Lipinski definition) is 3. The normalized spacial score (nSPS) is 22.6. The molecule has 1 saturated heterocycles. The Morgan fingerprint density at radius 1 is 1.41 bits per heavy atom. The van der Waals surface area contributed by atoms with Gasteiger partial charge in [0.2, 0.25) is 0 Å². The predicted molar refractivity (Wildman–Crippen MR) is 67.1 cm³/mol. The molecule has 1 unspecified atom stereocenters. The molecule has 4 heteroatoms. The molecule has 100 valence electrons. The van der Waals surface area contributed by atoms with Crippen LogP contribution in [0.15, 0.2) is 0 Å². The molecule has 1 aliphatic rings. The number of nitrogens with zero attached hydrogens (tertiary/aromatic N) is 1. The summed E-state index contributed by atoms with van der Waals surface area (Å²) in [4.78, 5) is 13.2. The molecule has 0 spiro atoms. The predicted octanol–water partition coefficient (Wildman–Crippen LogP) is 1.99. The van der Waals surface area contributed by atoms with Crippen molar-refractivity contribution in [2.24, 2.45) is 5.92 Å². The highest BCUT2D eigenvalue weighted by molar-refractivity contribution is 5.73. The SMILES string of the molecule is CC(C)COCCN1CCCCCC1C(=O)O. The topological polar surface area (TPSA) is 49.8 Å². The second-order valence-corrected chi connectivity index (χ2v) is 5.21. The summed E-state index contributed by atoms with van der Waals surface area (Å²) in [7, 11) is 0. The minimum absolute atomic E-state index is 0.305. The Balaban J connectivity index is 2.33. The molecule has 1 N–H and O–H groups in total. The fourth-order valence-corrected chi connectivity index (χ4v) is 2.22. The van der Waals surface area contributed by atoms with Crippen LogP contribution in [-0.2, 0) is 9.53 Å². The van der Waals surface area contributed by atoms with E-state index in [0.717, 1.165) is 45.4 Å². The molecule has 0 amide bonds. The Bertz CT molecular complexity index is 231. The Hall–Kier alpha value is -0.610. The van der Waals surface area contributed by atoms with Crippen molar-refractivity contribution >= 4 is 5.97 Å². The van der Waals surface area contributed by atoms with E-state index in [1.165, 1.54) is 0 Å². The standard InChI is InChI=1S/C13H25NO3/c1-11(2)10-17-9-8-14-7-5-3-4-6-12(14)13(15)16/h11-12H,3-10H2,1-2H3,(H,15,16). The van der Waals surface area contributed by atoms with Gasteiger partial charge in [-0.15, -0.1) is 0 Å². The minimum Gasteiger partial charge on any atom is -0.480 e. The largest absolute Gasteiger partial charge is 0.480 e. The van der Waals surface area contributed by atoms with Gasteiger partial charge in [-0.05, 0) is 25.3 Å². The summed E-state index contributed by atoms with van der Waals surface area (Å²) in [5, 5.41) is 9.20. The van der Waals surface area contributed by atoms with Gasteiger partial charge in [0.05, 0.1) is 6.61 Å². The number of ether oxygens (including phenoxy) is 1. The maximum Gasteiger partial charge on any atom is 0.320 e. The van der Waals surface area contributed by atoms with Gasteiger partial charge in [-0.2, -0.15) is 0 Å². The lowest BCUT2D eigenvalue weighted by molar-refractivity contribution is -0.143. The highest BCUT2D eigenvalue weighted by Crippen LogP contribution is 2.16. The summed E-state index contributed by atoms with van der Waals surface area (Å²) >= 11 is 0. The van der Waals surface area contributed by atoms with Gasteiger partial charge >= 0.3 is 5.97 Å². The maximum atomic E-state index is 11.2. The molecule has 0 aliphatic carbocycles.